The zero-order valence-corrected chi connectivity index (χ0v) is 13.1. The lowest BCUT2D eigenvalue weighted by Gasteiger charge is -2.17. The second kappa shape index (κ2) is 7.63. The number of amides is 1. The summed E-state index contributed by atoms with van der Waals surface area (Å²) in [4.78, 5) is 12.2. The van der Waals surface area contributed by atoms with Gasteiger partial charge >= 0.3 is 0 Å². The van der Waals surface area contributed by atoms with Crippen LogP contribution in [0, 0.1) is 11.3 Å². The minimum atomic E-state index is -1.41. The number of carbonyl (C=O) groups excluding carboxylic acids is 1. The monoisotopic (exact) mass is 330 g/mol. The lowest BCUT2D eigenvalue weighted by Crippen LogP contribution is -2.32. The van der Waals surface area contributed by atoms with Gasteiger partial charge in [-0.05, 0) is 23.8 Å². The summed E-state index contributed by atoms with van der Waals surface area (Å²) in [6, 6.07) is 14.3. The summed E-state index contributed by atoms with van der Waals surface area (Å²) in [5.41, 5.74) is 0.848. The van der Waals surface area contributed by atoms with Crippen LogP contribution in [0.3, 0.4) is 0 Å². The van der Waals surface area contributed by atoms with Crippen molar-refractivity contribution < 1.29 is 14.6 Å². The van der Waals surface area contributed by atoms with Crippen LogP contribution in [0.15, 0.2) is 48.5 Å². The van der Waals surface area contributed by atoms with Crippen molar-refractivity contribution in [2.75, 3.05) is 7.11 Å². The van der Waals surface area contributed by atoms with Gasteiger partial charge in [-0.25, -0.2) is 0 Å². The molecule has 1 amide bonds. The molecule has 0 saturated heterocycles. The van der Waals surface area contributed by atoms with Gasteiger partial charge in [0, 0.05) is 10.6 Å². The zero-order chi connectivity index (χ0) is 16.8. The van der Waals surface area contributed by atoms with Gasteiger partial charge in [-0.2, -0.15) is 5.26 Å². The summed E-state index contributed by atoms with van der Waals surface area (Å²) >= 11 is 6.04. The Bertz CT molecular complexity index is 743. The van der Waals surface area contributed by atoms with Crippen molar-refractivity contribution in [3.8, 4) is 11.8 Å². The topological polar surface area (TPSA) is 82.3 Å². The molecule has 0 heterocycles. The molecule has 2 aromatic rings. The number of benzene rings is 2. The maximum atomic E-state index is 12.2. The van der Waals surface area contributed by atoms with Crippen molar-refractivity contribution in [1.82, 2.24) is 5.32 Å². The number of nitrogens with zero attached hydrogens (tertiary/aromatic N) is 1. The molecule has 0 aliphatic carbocycles. The lowest BCUT2D eigenvalue weighted by atomic mass is 10.1. The minimum absolute atomic E-state index is 0.371. The van der Waals surface area contributed by atoms with Crippen LogP contribution in [-0.4, -0.2) is 18.1 Å². The van der Waals surface area contributed by atoms with Gasteiger partial charge in [0.2, 0.25) is 0 Å². The summed E-state index contributed by atoms with van der Waals surface area (Å²) in [5.74, 6) is -0.165. The third-order valence-electron chi connectivity index (χ3n) is 3.29. The van der Waals surface area contributed by atoms with Crippen LogP contribution >= 0.6 is 11.6 Å². The molecule has 0 radical (unpaired) electrons. The lowest BCUT2D eigenvalue weighted by molar-refractivity contribution is -0.130. The maximum absolute atomic E-state index is 12.2. The van der Waals surface area contributed by atoms with Gasteiger partial charge in [0.1, 0.15) is 11.8 Å². The smallest absolute Gasteiger partial charge is 0.254 e. The molecule has 2 aromatic carbocycles. The van der Waals surface area contributed by atoms with Crippen LogP contribution < -0.4 is 10.1 Å². The quantitative estimate of drug-likeness (QED) is 0.883. The molecule has 6 heteroatoms. The molecule has 23 heavy (non-hydrogen) atoms. The van der Waals surface area contributed by atoms with Crippen LogP contribution in [0.4, 0.5) is 0 Å². The standard InChI is InChI=1S/C17H15ClN2O3/c1-23-12-6-4-5-11(9-12)16(21)17(22)20-15(10-19)13-7-2-3-8-14(13)18/h2-9,15-16,21H,1H3,(H,20,22)/t15-,16-/m0/s1. The Morgan fingerprint density at radius 2 is 2.04 bits per heavy atom. The molecule has 118 valence electrons. The van der Waals surface area contributed by atoms with Crippen molar-refractivity contribution in [3.63, 3.8) is 0 Å². The second-order valence-corrected chi connectivity index (χ2v) is 5.18. The highest BCUT2D eigenvalue weighted by molar-refractivity contribution is 6.31. The normalized spacial score (nSPS) is 12.8. The first-order valence-corrected chi connectivity index (χ1v) is 7.21. The fourth-order valence-corrected chi connectivity index (χ4v) is 2.32. The maximum Gasteiger partial charge on any atom is 0.254 e. The number of nitriles is 1. The summed E-state index contributed by atoms with van der Waals surface area (Å²) in [7, 11) is 1.49. The van der Waals surface area contributed by atoms with Crippen LogP contribution in [0.5, 0.6) is 5.75 Å². The molecule has 0 bridgehead atoms. The predicted octanol–water partition coefficient (Wildman–Crippen LogP) is 2.76. The average molecular weight is 331 g/mol. The molecule has 2 rings (SSSR count). The number of nitrogens with one attached hydrogen (secondary N) is 1. The van der Waals surface area contributed by atoms with Crippen molar-refractivity contribution in [2.24, 2.45) is 0 Å². The first-order valence-electron chi connectivity index (χ1n) is 6.83. The SMILES string of the molecule is COc1cccc([C@H](O)C(=O)N[C@@H](C#N)c2ccccc2Cl)c1. The van der Waals surface area contributed by atoms with Crippen molar-refractivity contribution >= 4 is 17.5 Å². The highest BCUT2D eigenvalue weighted by Gasteiger charge is 2.23. The van der Waals surface area contributed by atoms with Crippen LogP contribution in [0.25, 0.3) is 0 Å². The van der Waals surface area contributed by atoms with E-state index in [0.717, 1.165) is 0 Å². The first kappa shape index (κ1) is 16.8. The molecule has 0 spiro atoms. The Morgan fingerprint density at radius 1 is 1.30 bits per heavy atom. The summed E-state index contributed by atoms with van der Waals surface area (Å²) in [6.07, 6.45) is -1.41. The van der Waals surface area contributed by atoms with Gasteiger partial charge in [-0.3, -0.25) is 4.79 Å². The molecule has 0 aliphatic heterocycles. The van der Waals surface area contributed by atoms with Crippen molar-refractivity contribution in [1.29, 1.82) is 5.26 Å². The number of rotatable bonds is 5. The van der Waals surface area contributed by atoms with E-state index in [1.807, 2.05) is 6.07 Å². The Balaban J connectivity index is 2.16. The number of carbonyl (C=O) groups is 1. The third-order valence-corrected chi connectivity index (χ3v) is 3.63. The molecule has 0 saturated carbocycles. The van der Waals surface area contributed by atoms with E-state index in [-0.39, 0.29) is 0 Å². The van der Waals surface area contributed by atoms with Crippen LogP contribution in [0.2, 0.25) is 5.02 Å². The molecular formula is C17H15ClN2O3. The van der Waals surface area contributed by atoms with Gasteiger partial charge < -0.3 is 15.2 Å². The van der Waals surface area contributed by atoms with E-state index in [1.54, 1.807) is 48.5 Å². The number of ether oxygens (including phenoxy) is 1. The van der Waals surface area contributed by atoms with E-state index in [0.29, 0.717) is 21.9 Å². The third kappa shape index (κ3) is 4.01. The number of halogens is 1. The van der Waals surface area contributed by atoms with E-state index < -0.39 is 18.1 Å². The zero-order valence-electron chi connectivity index (χ0n) is 12.4. The van der Waals surface area contributed by atoms with E-state index in [2.05, 4.69) is 5.32 Å². The van der Waals surface area contributed by atoms with Gasteiger partial charge in [0.15, 0.2) is 6.10 Å². The van der Waals surface area contributed by atoms with Gasteiger partial charge in [-0.15, -0.1) is 0 Å². The molecular weight excluding hydrogens is 316 g/mol. The fraction of sp³-hybridized carbons (Fsp3) is 0.176. The van der Waals surface area contributed by atoms with Gasteiger partial charge in [-0.1, -0.05) is 41.9 Å². The Kier molecular flexibility index (Phi) is 5.58. The molecule has 2 atom stereocenters. The first-order chi connectivity index (χ1) is 11.1. The van der Waals surface area contributed by atoms with Crippen LogP contribution in [-0.2, 0) is 4.79 Å². The molecule has 0 fully saturated rings. The van der Waals surface area contributed by atoms with Crippen molar-refractivity contribution in [3.05, 3.63) is 64.7 Å². The molecule has 0 aliphatic rings. The molecule has 2 N–H and O–H groups in total. The number of hydrogen-bond donors (Lipinski definition) is 2. The number of hydrogen-bond acceptors (Lipinski definition) is 4. The average Bonchev–Trinajstić information content (AvgIpc) is 2.59. The fourth-order valence-electron chi connectivity index (χ4n) is 2.07. The van der Waals surface area contributed by atoms with Gasteiger partial charge in [0.25, 0.3) is 5.91 Å². The highest BCUT2D eigenvalue weighted by atomic mass is 35.5. The molecule has 5 nitrogen and oxygen atoms in total. The van der Waals surface area contributed by atoms with Crippen molar-refractivity contribution in [2.45, 2.75) is 12.1 Å². The summed E-state index contributed by atoms with van der Waals surface area (Å²) < 4.78 is 5.06. The number of aliphatic hydroxyl groups excluding tert-OH is 1. The second-order valence-electron chi connectivity index (χ2n) is 4.77. The number of methoxy groups -OCH3 is 1. The van der Waals surface area contributed by atoms with E-state index in [9.17, 15) is 15.2 Å². The van der Waals surface area contributed by atoms with Crippen LogP contribution in [0.1, 0.15) is 23.3 Å². The minimum Gasteiger partial charge on any atom is -0.497 e. The Hall–Kier alpha value is -2.55. The summed E-state index contributed by atoms with van der Waals surface area (Å²) in [5, 5.41) is 22.3. The largest absolute Gasteiger partial charge is 0.497 e. The Labute approximate surface area is 139 Å². The number of aliphatic hydroxyl groups is 1. The van der Waals surface area contributed by atoms with E-state index >= 15 is 0 Å². The van der Waals surface area contributed by atoms with E-state index in [4.69, 9.17) is 16.3 Å². The van der Waals surface area contributed by atoms with Gasteiger partial charge in [0.05, 0.1) is 13.2 Å². The Morgan fingerprint density at radius 3 is 2.70 bits per heavy atom. The molecule has 0 unspecified atom stereocenters. The highest BCUT2D eigenvalue weighted by Crippen LogP contribution is 2.24. The summed E-state index contributed by atoms with van der Waals surface area (Å²) in [6.45, 7) is 0. The molecule has 0 aromatic heterocycles. The predicted molar refractivity (Wildman–Crippen MR) is 85.9 cm³/mol. The van der Waals surface area contributed by atoms with E-state index in [1.165, 1.54) is 7.11 Å².